The molecule has 0 aliphatic carbocycles. The van der Waals surface area contributed by atoms with Crippen LogP contribution in [0.1, 0.15) is 0 Å². The first kappa shape index (κ1) is 36.6. The first-order valence-corrected chi connectivity index (χ1v) is 0. The summed E-state index contributed by atoms with van der Waals surface area (Å²) in [7, 11) is 0. The van der Waals surface area contributed by atoms with E-state index in [0.717, 1.165) is 0 Å². The van der Waals surface area contributed by atoms with E-state index in [1.807, 2.05) is 0 Å². The van der Waals surface area contributed by atoms with Gasteiger partial charge in [-0.3, -0.25) is 0 Å². The topological polar surface area (TPSA) is 0 Å². The summed E-state index contributed by atoms with van der Waals surface area (Å²) in [4.78, 5) is 0. The maximum absolute atomic E-state index is 0. The summed E-state index contributed by atoms with van der Waals surface area (Å²) in [6.45, 7) is 0. The van der Waals surface area contributed by atoms with Gasteiger partial charge in [-0.25, -0.2) is 0 Å². The Kier molecular flexibility index (Phi) is 181. The molecule has 0 amide bonds. The normalized spacial score (nSPS) is 0. The number of rotatable bonds is 0. The Labute approximate surface area is 116 Å². The van der Waals surface area contributed by atoms with Crippen molar-refractivity contribution in [3.05, 3.63) is 0 Å². The van der Waals surface area contributed by atoms with E-state index in [4.69, 9.17) is 0 Å². The Morgan fingerprint density at radius 3 is 0.400 bits per heavy atom. The molecule has 5 heteroatoms. The molecule has 0 aromatic rings. The Morgan fingerprint density at radius 2 is 0.400 bits per heavy atom. The summed E-state index contributed by atoms with van der Waals surface area (Å²) in [5, 5.41) is 0. The van der Waals surface area contributed by atoms with E-state index in [2.05, 4.69) is 0 Å². The van der Waals surface area contributed by atoms with Gasteiger partial charge in [0.2, 0.25) is 0 Å². The van der Waals surface area contributed by atoms with Crippen molar-refractivity contribution in [3.63, 3.8) is 0 Å². The van der Waals surface area contributed by atoms with Gasteiger partial charge in [-0.2, -0.15) is 13.5 Å². The van der Waals surface area contributed by atoms with Crippen molar-refractivity contribution in [2.45, 2.75) is 0 Å². The van der Waals surface area contributed by atoms with Crippen LogP contribution in [0.15, 0.2) is 0 Å². The van der Waals surface area contributed by atoms with Gasteiger partial charge in [-0.15, -0.1) is 0 Å². The molecule has 0 atom stereocenters. The molecule has 0 aliphatic heterocycles. The average Bonchev–Trinajstić information content (AvgIpc) is 0. The molecule has 0 radical (unpaired) electrons. The van der Waals surface area contributed by atoms with Crippen LogP contribution in [0, 0.1) is 0 Å². The van der Waals surface area contributed by atoms with E-state index in [-0.39, 0.29) is 118 Å². The molecule has 0 aromatic heterocycles. The van der Waals surface area contributed by atoms with Crippen molar-refractivity contribution >= 4 is 118 Å². The van der Waals surface area contributed by atoms with Gasteiger partial charge in [0.25, 0.3) is 0 Å². The summed E-state index contributed by atoms with van der Waals surface area (Å²) in [6, 6.07) is 0. The van der Waals surface area contributed by atoms with Gasteiger partial charge >= 0.3 is 105 Å². The molecule has 0 heterocycles. The predicted octanol–water partition coefficient (Wildman–Crippen LogP) is -4.62. The van der Waals surface area contributed by atoms with Crippen LogP contribution in [0.2, 0.25) is 0 Å². The third-order valence-corrected chi connectivity index (χ3v) is 0. The first-order valence-electron chi connectivity index (χ1n) is 0. The Bertz CT molecular complexity index is 3.61. The molecule has 0 nitrogen and oxygen atoms in total. The minimum absolute atomic E-state index is 0. The second kappa shape index (κ2) is 24.8. The number of hydrogen-bond acceptors (Lipinski definition) is 0. The Balaban J connectivity index is 0. The molecular weight excluding hydrogens is 868 g/mol. The number of hydrogen-bond donors (Lipinski definition) is 0. The zero-order valence-corrected chi connectivity index (χ0v) is 26.3. The van der Waals surface area contributed by atoms with Crippen molar-refractivity contribution in [3.8, 4) is 0 Å². The van der Waals surface area contributed by atoms with Crippen LogP contribution in [0.25, 0.3) is 0 Å². The molecule has 0 saturated heterocycles. The van der Waals surface area contributed by atoms with Gasteiger partial charge in [0.15, 0.2) is 0 Å². The van der Waals surface area contributed by atoms with Crippen molar-refractivity contribution in [2.24, 2.45) is 0 Å². The van der Waals surface area contributed by atoms with Crippen molar-refractivity contribution in [2.75, 3.05) is 0 Å². The molecule has 5 heavy (non-hydrogen) atoms. The van der Waals surface area contributed by atoms with Gasteiger partial charge in [-0.05, 0) is 0 Å². The monoisotopic (exact) mass is 882 g/mol. The zero-order valence-electron chi connectivity index (χ0n) is 3.33. The second-order valence-corrected chi connectivity index (χ2v) is 0. The molecule has 0 spiro atoms. The molecule has 0 aromatic carbocycles. The summed E-state index contributed by atoms with van der Waals surface area (Å²) in [6.07, 6.45) is 0. The SMILES string of the molecule is S.[BiH3].[BiH3].[BiH3].[BiH3]. The van der Waals surface area contributed by atoms with E-state index in [0.29, 0.717) is 0 Å². The molecule has 0 fully saturated rings. The van der Waals surface area contributed by atoms with E-state index in [1.165, 1.54) is 0 Å². The third kappa shape index (κ3) is 18.1. The van der Waals surface area contributed by atoms with Gasteiger partial charge in [-0.1, -0.05) is 0 Å². The third-order valence-electron chi connectivity index (χ3n) is 0. The molecule has 40 valence electrons. The fourth-order valence-corrected chi connectivity index (χ4v) is 0. The molecule has 0 bridgehead atoms. The molecule has 0 N–H and O–H groups in total. The molecule has 0 unspecified atom stereocenters. The predicted molar refractivity (Wildman–Crippen MR) is 50.1 cm³/mol. The van der Waals surface area contributed by atoms with Crippen LogP contribution in [-0.4, -0.2) is 105 Å². The fourth-order valence-electron chi connectivity index (χ4n) is 0. The second-order valence-electron chi connectivity index (χ2n) is 0. The van der Waals surface area contributed by atoms with Crippen LogP contribution < -0.4 is 0 Å². The quantitative estimate of drug-likeness (QED) is 0.216. The van der Waals surface area contributed by atoms with Crippen LogP contribution in [0.4, 0.5) is 0 Å². The van der Waals surface area contributed by atoms with E-state index >= 15 is 0 Å². The Morgan fingerprint density at radius 1 is 0.400 bits per heavy atom. The van der Waals surface area contributed by atoms with Crippen molar-refractivity contribution < 1.29 is 0 Å². The van der Waals surface area contributed by atoms with Gasteiger partial charge in [0.1, 0.15) is 0 Å². The molecule has 0 saturated carbocycles. The van der Waals surface area contributed by atoms with Crippen molar-refractivity contribution in [1.29, 1.82) is 0 Å². The summed E-state index contributed by atoms with van der Waals surface area (Å²) < 4.78 is 0. The average molecular weight is 882 g/mol. The molecule has 0 rings (SSSR count). The standard InChI is InChI=1S/4Bi.H2S.12H/h;;;;1H2;;;;;;;;;;;;. The van der Waals surface area contributed by atoms with Gasteiger partial charge in [0, 0.05) is 0 Å². The Hall–Kier alpha value is 3.88. The van der Waals surface area contributed by atoms with Crippen LogP contribution >= 0.6 is 13.5 Å². The maximum atomic E-state index is 0. The van der Waals surface area contributed by atoms with Crippen molar-refractivity contribution in [1.82, 2.24) is 0 Å². The zero-order chi connectivity index (χ0) is 0. The minimum atomic E-state index is 0. The van der Waals surface area contributed by atoms with Crippen LogP contribution in [-0.2, 0) is 0 Å². The summed E-state index contributed by atoms with van der Waals surface area (Å²) >= 11 is 0. The fraction of sp³-hybridized carbons (Fsp3) is 0. The summed E-state index contributed by atoms with van der Waals surface area (Å²) in [5.74, 6) is 0. The van der Waals surface area contributed by atoms with Crippen LogP contribution in [0.3, 0.4) is 0 Å². The van der Waals surface area contributed by atoms with Gasteiger partial charge < -0.3 is 0 Å². The van der Waals surface area contributed by atoms with E-state index in [9.17, 15) is 0 Å². The summed E-state index contributed by atoms with van der Waals surface area (Å²) in [5.41, 5.74) is 0. The van der Waals surface area contributed by atoms with Gasteiger partial charge in [0.05, 0.1) is 0 Å². The van der Waals surface area contributed by atoms with E-state index < -0.39 is 0 Å². The van der Waals surface area contributed by atoms with Crippen LogP contribution in [0.5, 0.6) is 0 Å². The molecular formula is H14Bi4S. The molecule has 0 aliphatic rings. The first-order chi connectivity index (χ1) is 0. The van der Waals surface area contributed by atoms with E-state index in [1.54, 1.807) is 0 Å².